The van der Waals surface area contributed by atoms with Gasteiger partial charge < -0.3 is 4.90 Å². The summed E-state index contributed by atoms with van der Waals surface area (Å²) in [6, 6.07) is 23.8. The summed E-state index contributed by atoms with van der Waals surface area (Å²) in [5, 5.41) is 9.27. The Kier molecular flexibility index (Phi) is 6.97. The second kappa shape index (κ2) is 10.2. The van der Waals surface area contributed by atoms with Crippen LogP contribution in [0.15, 0.2) is 90.3 Å². The average molecular weight is 444 g/mol. The molecule has 0 radical (unpaired) electrons. The van der Waals surface area contributed by atoms with Crippen molar-refractivity contribution >= 4 is 23.4 Å². The molecule has 2 aromatic heterocycles. The highest BCUT2D eigenvalue weighted by Gasteiger charge is 2.25. The van der Waals surface area contributed by atoms with Crippen LogP contribution >= 0.6 is 11.8 Å². The van der Waals surface area contributed by atoms with Crippen molar-refractivity contribution in [3.05, 3.63) is 90.8 Å². The molecule has 1 atom stereocenters. The molecule has 162 valence electrons. The number of carbonyl (C=O) groups excluding carboxylic acids is 1. The number of hydrogen-bond donors (Lipinski definition) is 0. The van der Waals surface area contributed by atoms with Crippen LogP contribution in [0.3, 0.4) is 0 Å². The number of hydrogen-bond acceptors (Lipinski definition) is 5. The van der Waals surface area contributed by atoms with Crippen molar-refractivity contribution in [1.29, 1.82) is 0 Å². The lowest BCUT2D eigenvalue weighted by molar-refractivity contribution is -0.117. The number of carbonyl (C=O) groups is 1. The minimum absolute atomic E-state index is 0.0425. The molecule has 6 nitrogen and oxygen atoms in total. The van der Waals surface area contributed by atoms with Crippen LogP contribution in [-0.4, -0.2) is 37.5 Å². The fraction of sp³-hybridized carbons (Fsp3) is 0.200. The van der Waals surface area contributed by atoms with Gasteiger partial charge in [0.25, 0.3) is 0 Å². The fourth-order valence-corrected chi connectivity index (χ4v) is 4.41. The number of nitrogens with zero attached hydrogens (tertiary/aromatic N) is 5. The summed E-state index contributed by atoms with van der Waals surface area (Å²) < 4.78 is 2.06. The molecule has 0 bridgehead atoms. The van der Waals surface area contributed by atoms with Crippen LogP contribution in [0, 0.1) is 0 Å². The first kappa shape index (κ1) is 21.8. The molecule has 0 aliphatic rings. The standard InChI is InChI=1S/C25H25N5OS/c1-3-29(22-14-8-5-9-15-22)24(31)19(2)32-25-28-27-23(21-13-10-16-26-17-21)30(25)18-20-11-6-4-7-12-20/h4-17,19H,3,18H2,1-2H3. The maximum atomic E-state index is 13.3. The van der Waals surface area contributed by atoms with Gasteiger partial charge in [0.15, 0.2) is 11.0 Å². The molecule has 2 aromatic carbocycles. The van der Waals surface area contributed by atoms with E-state index in [-0.39, 0.29) is 11.2 Å². The van der Waals surface area contributed by atoms with Crippen molar-refractivity contribution in [2.75, 3.05) is 11.4 Å². The largest absolute Gasteiger partial charge is 0.312 e. The number of para-hydroxylation sites is 1. The number of aromatic nitrogens is 4. The van der Waals surface area contributed by atoms with Crippen molar-refractivity contribution in [2.24, 2.45) is 0 Å². The van der Waals surface area contributed by atoms with Crippen molar-refractivity contribution in [1.82, 2.24) is 19.7 Å². The summed E-state index contributed by atoms with van der Waals surface area (Å²) >= 11 is 1.43. The van der Waals surface area contributed by atoms with Gasteiger partial charge in [-0.15, -0.1) is 10.2 Å². The molecule has 4 aromatic rings. The fourth-order valence-electron chi connectivity index (χ4n) is 3.49. The van der Waals surface area contributed by atoms with E-state index in [4.69, 9.17) is 0 Å². The predicted octanol–water partition coefficient (Wildman–Crippen LogP) is 4.92. The first-order chi connectivity index (χ1) is 15.7. The van der Waals surface area contributed by atoms with Crippen LogP contribution in [-0.2, 0) is 11.3 Å². The Morgan fingerprint density at radius 3 is 2.38 bits per heavy atom. The lowest BCUT2D eigenvalue weighted by Crippen LogP contribution is -2.36. The Hall–Kier alpha value is -3.45. The molecule has 0 aliphatic heterocycles. The van der Waals surface area contributed by atoms with Crippen LogP contribution < -0.4 is 4.90 Å². The monoisotopic (exact) mass is 443 g/mol. The number of rotatable bonds is 8. The second-order valence-electron chi connectivity index (χ2n) is 7.30. The van der Waals surface area contributed by atoms with E-state index in [0.29, 0.717) is 18.2 Å². The smallest absolute Gasteiger partial charge is 0.240 e. The molecule has 1 unspecified atom stereocenters. The van der Waals surface area contributed by atoms with Crippen molar-refractivity contribution in [3.63, 3.8) is 0 Å². The van der Waals surface area contributed by atoms with E-state index in [9.17, 15) is 4.79 Å². The SMILES string of the molecule is CCN(C(=O)C(C)Sc1nnc(-c2cccnc2)n1Cc1ccccc1)c1ccccc1. The van der Waals surface area contributed by atoms with E-state index in [1.807, 2.05) is 74.5 Å². The minimum Gasteiger partial charge on any atom is -0.312 e. The van der Waals surface area contributed by atoms with E-state index in [0.717, 1.165) is 22.6 Å². The van der Waals surface area contributed by atoms with Crippen LogP contribution in [0.25, 0.3) is 11.4 Å². The van der Waals surface area contributed by atoms with Crippen LogP contribution in [0.1, 0.15) is 19.4 Å². The van der Waals surface area contributed by atoms with Gasteiger partial charge in [-0.25, -0.2) is 0 Å². The van der Waals surface area contributed by atoms with Crippen molar-refractivity contribution < 1.29 is 4.79 Å². The maximum absolute atomic E-state index is 13.3. The normalized spacial score (nSPS) is 11.8. The Bertz CT molecular complexity index is 1150. The van der Waals surface area contributed by atoms with E-state index in [2.05, 4.69) is 31.9 Å². The lowest BCUT2D eigenvalue weighted by Gasteiger charge is -2.24. The van der Waals surface area contributed by atoms with Gasteiger partial charge in [-0.2, -0.15) is 0 Å². The van der Waals surface area contributed by atoms with Crippen molar-refractivity contribution in [2.45, 2.75) is 30.8 Å². The molecule has 0 spiro atoms. The second-order valence-corrected chi connectivity index (χ2v) is 8.61. The summed E-state index contributed by atoms with van der Waals surface area (Å²) in [6.07, 6.45) is 3.52. The Labute approximate surface area is 192 Å². The summed E-state index contributed by atoms with van der Waals surface area (Å²) in [4.78, 5) is 19.3. The molecule has 32 heavy (non-hydrogen) atoms. The van der Waals surface area contributed by atoms with Gasteiger partial charge in [-0.1, -0.05) is 60.3 Å². The molecule has 1 amide bonds. The first-order valence-corrected chi connectivity index (χ1v) is 11.5. The molecular formula is C25H25N5OS. The lowest BCUT2D eigenvalue weighted by atomic mass is 10.2. The van der Waals surface area contributed by atoms with Crippen LogP contribution in [0.4, 0.5) is 5.69 Å². The Morgan fingerprint density at radius 1 is 1.00 bits per heavy atom. The topological polar surface area (TPSA) is 63.9 Å². The summed E-state index contributed by atoms with van der Waals surface area (Å²) in [5.74, 6) is 0.778. The summed E-state index contributed by atoms with van der Waals surface area (Å²) in [7, 11) is 0. The highest BCUT2D eigenvalue weighted by Crippen LogP contribution is 2.29. The average Bonchev–Trinajstić information content (AvgIpc) is 3.23. The third-order valence-corrected chi connectivity index (χ3v) is 6.17. The highest BCUT2D eigenvalue weighted by molar-refractivity contribution is 8.00. The molecule has 7 heteroatoms. The van der Waals surface area contributed by atoms with Gasteiger partial charge in [0.05, 0.1) is 11.8 Å². The molecule has 0 aliphatic carbocycles. The molecule has 0 saturated heterocycles. The zero-order chi connectivity index (χ0) is 22.3. The number of pyridine rings is 1. The van der Waals surface area contributed by atoms with Gasteiger partial charge in [0.2, 0.25) is 5.91 Å². The molecule has 0 N–H and O–H groups in total. The molecule has 0 saturated carbocycles. The number of thioether (sulfide) groups is 1. The van der Waals surface area contributed by atoms with E-state index < -0.39 is 0 Å². The van der Waals surface area contributed by atoms with Gasteiger partial charge in [-0.05, 0) is 43.7 Å². The van der Waals surface area contributed by atoms with Gasteiger partial charge in [-0.3, -0.25) is 14.3 Å². The van der Waals surface area contributed by atoms with Gasteiger partial charge >= 0.3 is 0 Å². The molecular weight excluding hydrogens is 418 g/mol. The summed E-state index contributed by atoms with van der Waals surface area (Å²) in [6.45, 7) is 5.12. The zero-order valence-corrected chi connectivity index (χ0v) is 18.9. The quantitative estimate of drug-likeness (QED) is 0.362. The predicted molar refractivity (Wildman–Crippen MR) is 129 cm³/mol. The maximum Gasteiger partial charge on any atom is 0.240 e. The number of anilines is 1. The van der Waals surface area contributed by atoms with E-state index in [1.54, 1.807) is 17.3 Å². The van der Waals surface area contributed by atoms with Crippen LogP contribution in [0.5, 0.6) is 0 Å². The first-order valence-electron chi connectivity index (χ1n) is 10.6. The molecule has 4 rings (SSSR count). The zero-order valence-electron chi connectivity index (χ0n) is 18.1. The van der Waals surface area contributed by atoms with Crippen molar-refractivity contribution in [3.8, 4) is 11.4 Å². The number of benzene rings is 2. The van der Waals surface area contributed by atoms with E-state index >= 15 is 0 Å². The Morgan fingerprint density at radius 2 is 1.72 bits per heavy atom. The molecule has 2 heterocycles. The van der Waals surface area contributed by atoms with Gasteiger partial charge in [0.1, 0.15) is 0 Å². The molecule has 0 fully saturated rings. The Balaban J connectivity index is 1.62. The summed E-state index contributed by atoms with van der Waals surface area (Å²) in [5.41, 5.74) is 2.92. The third-order valence-electron chi connectivity index (χ3n) is 5.10. The van der Waals surface area contributed by atoms with E-state index in [1.165, 1.54) is 11.8 Å². The van der Waals surface area contributed by atoms with Gasteiger partial charge in [0, 0.05) is 30.2 Å². The highest BCUT2D eigenvalue weighted by atomic mass is 32.2. The minimum atomic E-state index is -0.323. The third kappa shape index (κ3) is 4.89. The van der Waals surface area contributed by atoms with Crippen LogP contribution in [0.2, 0.25) is 0 Å². The number of amides is 1.